The number of rotatable bonds is 2. The van der Waals surface area contributed by atoms with E-state index in [1.165, 1.54) is 20.3 Å². The van der Waals surface area contributed by atoms with Gasteiger partial charge in [0.05, 0.1) is 25.3 Å². The molecular formula is C10H10N2O4. The average molecular weight is 222 g/mol. The van der Waals surface area contributed by atoms with Gasteiger partial charge in [-0.3, -0.25) is 0 Å². The number of aromatic nitrogens is 2. The molecule has 0 atom stereocenters. The van der Waals surface area contributed by atoms with E-state index in [2.05, 4.69) is 14.7 Å². The molecule has 0 radical (unpaired) electrons. The summed E-state index contributed by atoms with van der Waals surface area (Å²) in [7, 11) is 2.76. The third-order valence-corrected chi connectivity index (χ3v) is 2.27. The molecule has 0 aliphatic carbocycles. The van der Waals surface area contributed by atoms with Gasteiger partial charge in [0.2, 0.25) is 0 Å². The smallest absolute Gasteiger partial charge is 0.340 e. The number of carbonyl (C=O) groups excluding carboxylic acids is 1. The number of hydrogen-bond acceptors (Lipinski definition) is 4. The van der Waals surface area contributed by atoms with Gasteiger partial charge in [0.25, 0.3) is 0 Å². The SMILES string of the molecule is COC(=O)c1ccc(OC)c2[nH]c(=O)[nH]c12. The van der Waals surface area contributed by atoms with Crippen LogP contribution in [-0.4, -0.2) is 30.2 Å². The molecular weight excluding hydrogens is 212 g/mol. The highest BCUT2D eigenvalue weighted by Crippen LogP contribution is 2.24. The minimum atomic E-state index is -0.511. The van der Waals surface area contributed by atoms with Crippen LogP contribution in [0.3, 0.4) is 0 Å². The number of esters is 1. The van der Waals surface area contributed by atoms with E-state index in [4.69, 9.17) is 4.74 Å². The molecule has 6 heteroatoms. The highest BCUT2D eigenvalue weighted by atomic mass is 16.5. The molecule has 84 valence electrons. The number of fused-ring (bicyclic) bond motifs is 1. The molecule has 2 aromatic rings. The molecule has 1 aromatic heterocycles. The molecule has 0 fully saturated rings. The molecule has 0 saturated carbocycles. The Labute approximate surface area is 90.2 Å². The summed E-state index contributed by atoms with van der Waals surface area (Å²) < 4.78 is 9.68. The Hall–Kier alpha value is -2.24. The lowest BCUT2D eigenvalue weighted by molar-refractivity contribution is 0.0603. The van der Waals surface area contributed by atoms with Crippen LogP contribution in [0.4, 0.5) is 0 Å². The van der Waals surface area contributed by atoms with E-state index in [9.17, 15) is 9.59 Å². The summed E-state index contributed by atoms with van der Waals surface area (Å²) in [5.41, 5.74) is 0.730. The first kappa shape index (κ1) is 10.3. The largest absolute Gasteiger partial charge is 0.494 e. The van der Waals surface area contributed by atoms with Crippen molar-refractivity contribution in [3.63, 3.8) is 0 Å². The predicted octanol–water partition coefficient (Wildman–Crippen LogP) is 0.651. The Bertz CT molecular complexity index is 596. The Kier molecular flexibility index (Phi) is 2.40. The molecule has 1 heterocycles. The minimum absolute atomic E-state index is 0.289. The van der Waals surface area contributed by atoms with Crippen LogP contribution in [0.2, 0.25) is 0 Å². The van der Waals surface area contributed by atoms with Crippen molar-refractivity contribution in [2.45, 2.75) is 0 Å². The van der Waals surface area contributed by atoms with Gasteiger partial charge in [-0.1, -0.05) is 0 Å². The van der Waals surface area contributed by atoms with Crippen LogP contribution in [0.1, 0.15) is 10.4 Å². The molecule has 6 nitrogen and oxygen atoms in total. The second kappa shape index (κ2) is 3.73. The van der Waals surface area contributed by atoms with Crippen LogP contribution in [-0.2, 0) is 4.74 Å². The molecule has 0 aliphatic heterocycles. The summed E-state index contributed by atoms with van der Waals surface area (Å²) in [4.78, 5) is 27.7. The lowest BCUT2D eigenvalue weighted by Crippen LogP contribution is -2.03. The van der Waals surface area contributed by atoms with E-state index < -0.39 is 11.7 Å². The minimum Gasteiger partial charge on any atom is -0.494 e. The van der Waals surface area contributed by atoms with Gasteiger partial charge >= 0.3 is 11.7 Å². The highest BCUT2D eigenvalue weighted by Gasteiger charge is 2.15. The van der Waals surface area contributed by atoms with Gasteiger partial charge in [-0.2, -0.15) is 0 Å². The molecule has 0 aliphatic rings. The second-order valence-corrected chi connectivity index (χ2v) is 3.14. The summed E-state index contributed by atoms with van der Waals surface area (Å²) >= 11 is 0. The number of benzene rings is 1. The zero-order valence-corrected chi connectivity index (χ0v) is 8.79. The third kappa shape index (κ3) is 1.44. The quantitative estimate of drug-likeness (QED) is 0.731. The van der Waals surface area contributed by atoms with Crippen molar-refractivity contribution in [3.05, 3.63) is 28.2 Å². The number of ether oxygens (including phenoxy) is 2. The fourth-order valence-electron chi connectivity index (χ4n) is 1.55. The molecule has 0 bridgehead atoms. The summed E-state index contributed by atoms with van der Waals surface area (Å²) in [6.07, 6.45) is 0. The third-order valence-electron chi connectivity index (χ3n) is 2.27. The number of carbonyl (C=O) groups is 1. The summed E-state index contributed by atoms with van der Waals surface area (Å²) in [6.45, 7) is 0. The van der Waals surface area contributed by atoms with Gasteiger partial charge in [0, 0.05) is 0 Å². The Morgan fingerprint density at radius 1 is 1.19 bits per heavy atom. The first-order valence-electron chi connectivity index (χ1n) is 4.54. The van der Waals surface area contributed by atoms with Crippen molar-refractivity contribution in [1.29, 1.82) is 0 Å². The van der Waals surface area contributed by atoms with Crippen LogP contribution in [0.25, 0.3) is 11.0 Å². The average Bonchev–Trinajstić information content (AvgIpc) is 2.67. The van der Waals surface area contributed by atoms with E-state index in [0.717, 1.165) is 0 Å². The number of methoxy groups -OCH3 is 2. The molecule has 0 saturated heterocycles. The van der Waals surface area contributed by atoms with Crippen LogP contribution in [0, 0.1) is 0 Å². The van der Waals surface area contributed by atoms with E-state index in [-0.39, 0.29) is 5.56 Å². The van der Waals surface area contributed by atoms with E-state index in [0.29, 0.717) is 16.8 Å². The predicted molar refractivity (Wildman–Crippen MR) is 56.8 cm³/mol. The topological polar surface area (TPSA) is 84.2 Å². The van der Waals surface area contributed by atoms with Gasteiger partial charge in [0.15, 0.2) is 0 Å². The van der Waals surface area contributed by atoms with E-state index in [1.54, 1.807) is 6.07 Å². The van der Waals surface area contributed by atoms with Crippen molar-refractivity contribution < 1.29 is 14.3 Å². The van der Waals surface area contributed by atoms with Crippen LogP contribution < -0.4 is 10.4 Å². The van der Waals surface area contributed by atoms with Gasteiger partial charge in [-0.15, -0.1) is 0 Å². The lowest BCUT2D eigenvalue weighted by atomic mass is 10.2. The van der Waals surface area contributed by atoms with Crippen LogP contribution in [0.15, 0.2) is 16.9 Å². The lowest BCUT2D eigenvalue weighted by Gasteiger charge is -2.04. The van der Waals surface area contributed by atoms with Gasteiger partial charge < -0.3 is 19.4 Å². The van der Waals surface area contributed by atoms with Crippen molar-refractivity contribution in [3.8, 4) is 5.75 Å². The summed E-state index contributed by atoms with van der Waals surface area (Å²) in [5.74, 6) is -0.0242. The van der Waals surface area contributed by atoms with Crippen molar-refractivity contribution in [1.82, 2.24) is 9.97 Å². The highest BCUT2D eigenvalue weighted by molar-refractivity contribution is 6.03. The first-order valence-corrected chi connectivity index (χ1v) is 4.54. The number of imidazole rings is 1. The fraction of sp³-hybridized carbons (Fsp3) is 0.200. The van der Waals surface area contributed by atoms with E-state index in [1.807, 2.05) is 0 Å². The fourth-order valence-corrected chi connectivity index (χ4v) is 1.55. The zero-order valence-electron chi connectivity index (χ0n) is 8.79. The molecule has 16 heavy (non-hydrogen) atoms. The molecule has 2 rings (SSSR count). The Morgan fingerprint density at radius 3 is 2.50 bits per heavy atom. The monoisotopic (exact) mass is 222 g/mol. The normalized spacial score (nSPS) is 10.4. The molecule has 0 unspecified atom stereocenters. The van der Waals surface area contributed by atoms with Crippen molar-refractivity contribution >= 4 is 17.0 Å². The van der Waals surface area contributed by atoms with E-state index >= 15 is 0 Å². The summed E-state index contributed by atoms with van der Waals surface area (Å²) in [6, 6.07) is 3.13. The Morgan fingerprint density at radius 2 is 1.88 bits per heavy atom. The second-order valence-electron chi connectivity index (χ2n) is 3.14. The molecule has 0 amide bonds. The van der Waals surface area contributed by atoms with Crippen molar-refractivity contribution in [2.24, 2.45) is 0 Å². The number of H-pyrrole nitrogens is 2. The van der Waals surface area contributed by atoms with Gasteiger partial charge in [0.1, 0.15) is 11.3 Å². The number of hydrogen-bond donors (Lipinski definition) is 2. The van der Waals surface area contributed by atoms with Gasteiger partial charge in [-0.05, 0) is 12.1 Å². The maximum Gasteiger partial charge on any atom is 0.340 e. The standard InChI is InChI=1S/C10H10N2O4/c1-15-6-4-3-5(9(13)16-2)7-8(6)12-10(14)11-7/h3-4H,1-2H3,(H2,11,12,14). The summed E-state index contributed by atoms with van der Waals surface area (Å²) in [5, 5.41) is 0. The van der Waals surface area contributed by atoms with Crippen molar-refractivity contribution in [2.75, 3.05) is 14.2 Å². The van der Waals surface area contributed by atoms with Crippen LogP contribution >= 0.6 is 0 Å². The molecule has 0 spiro atoms. The Balaban J connectivity index is 2.79. The zero-order chi connectivity index (χ0) is 11.7. The maximum absolute atomic E-state index is 11.4. The van der Waals surface area contributed by atoms with Crippen LogP contribution in [0.5, 0.6) is 5.75 Å². The maximum atomic E-state index is 11.4. The molecule has 1 aromatic carbocycles. The first-order chi connectivity index (χ1) is 7.67. The number of aromatic amines is 2. The molecule has 2 N–H and O–H groups in total. The van der Waals surface area contributed by atoms with Gasteiger partial charge in [-0.25, -0.2) is 9.59 Å². The number of nitrogens with one attached hydrogen (secondary N) is 2.